The SMILES string of the molecule is [N-]=[N+]=NC1CCN(CCN2CCOCC2=O)C1. The molecule has 0 aliphatic carbocycles. The second-order valence-electron chi connectivity index (χ2n) is 4.38. The number of morpholine rings is 1. The first kappa shape index (κ1) is 12.2. The Hall–Kier alpha value is -1.30. The van der Waals surface area contributed by atoms with Crippen molar-refractivity contribution in [2.24, 2.45) is 5.11 Å². The van der Waals surface area contributed by atoms with E-state index in [0.717, 1.165) is 32.6 Å². The summed E-state index contributed by atoms with van der Waals surface area (Å²) in [5.74, 6) is 0.0713. The van der Waals surface area contributed by atoms with Crippen LogP contribution in [0.1, 0.15) is 6.42 Å². The number of azide groups is 1. The first-order chi connectivity index (χ1) is 8.29. The summed E-state index contributed by atoms with van der Waals surface area (Å²) in [5.41, 5.74) is 8.35. The van der Waals surface area contributed by atoms with Crippen molar-refractivity contribution >= 4 is 5.91 Å². The predicted octanol–water partition coefficient (Wildman–Crippen LogP) is 0.230. The van der Waals surface area contributed by atoms with E-state index in [9.17, 15) is 4.79 Å². The quantitative estimate of drug-likeness (QED) is 0.400. The third-order valence-electron chi connectivity index (χ3n) is 3.23. The maximum atomic E-state index is 11.5. The molecule has 1 amide bonds. The van der Waals surface area contributed by atoms with Crippen LogP contribution in [0.3, 0.4) is 0 Å². The summed E-state index contributed by atoms with van der Waals surface area (Å²) in [4.78, 5) is 18.4. The highest BCUT2D eigenvalue weighted by molar-refractivity contribution is 5.77. The first-order valence-electron chi connectivity index (χ1n) is 5.91. The van der Waals surface area contributed by atoms with Crippen LogP contribution in [0.4, 0.5) is 0 Å². The first-order valence-corrected chi connectivity index (χ1v) is 5.91. The van der Waals surface area contributed by atoms with E-state index in [4.69, 9.17) is 10.3 Å². The Bertz CT molecular complexity index is 329. The lowest BCUT2D eigenvalue weighted by atomic mass is 10.3. The number of carbonyl (C=O) groups excluding carboxylic acids is 1. The van der Waals surface area contributed by atoms with Gasteiger partial charge in [0.15, 0.2) is 0 Å². The minimum Gasteiger partial charge on any atom is -0.370 e. The van der Waals surface area contributed by atoms with Gasteiger partial charge in [-0.3, -0.25) is 4.79 Å². The van der Waals surface area contributed by atoms with Gasteiger partial charge >= 0.3 is 0 Å². The average Bonchev–Trinajstić information content (AvgIpc) is 2.76. The highest BCUT2D eigenvalue weighted by Crippen LogP contribution is 2.12. The molecule has 7 heteroatoms. The van der Waals surface area contributed by atoms with E-state index in [2.05, 4.69) is 14.9 Å². The summed E-state index contributed by atoms with van der Waals surface area (Å²) in [5, 5.41) is 3.72. The van der Waals surface area contributed by atoms with Crippen LogP contribution in [0.5, 0.6) is 0 Å². The zero-order chi connectivity index (χ0) is 12.1. The van der Waals surface area contributed by atoms with Crippen molar-refractivity contribution in [2.45, 2.75) is 12.5 Å². The molecule has 0 spiro atoms. The summed E-state index contributed by atoms with van der Waals surface area (Å²) >= 11 is 0. The molecule has 2 aliphatic rings. The summed E-state index contributed by atoms with van der Waals surface area (Å²) in [6.45, 7) is 4.88. The molecule has 1 atom stereocenters. The Morgan fingerprint density at radius 2 is 2.35 bits per heavy atom. The van der Waals surface area contributed by atoms with Crippen LogP contribution in [0.25, 0.3) is 10.4 Å². The van der Waals surface area contributed by atoms with E-state index in [1.165, 1.54) is 0 Å². The number of nitrogens with zero attached hydrogens (tertiary/aromatic N) is 5. The van der Waals surface area contributed by atoms with E-state index in [0.29, 0.717) is 13.2 Å². The smallest absolute Gasteiger partial charge is 0.248 e. The van der Waals surface area contributed by atoms with Crippen LogP contribution >= 0.6 is 0 Å². The Morgan fingerprint density at radius 1 is 1.47 bits per heavy atom. The van der Waals surface area contributed by atoms with Gasteiger partial charge in [0, 0.05) is 31.1 Å². The van der Waals surface area contributed by atoms with E-state index in [1.54, 1.807) is 0 Å². The number of ether oxygens (including phenoxy) is 1. The molecule has 0 N–H and O–H groups in total. The van der Waals surface area contributed by atoms with Crippen molar-refractivity contribution in [3.63, 3.8) is 0 Å². The largest absolute Gasteiger partial charge is 0.370 e. The number of carbonyl (C=O) groups is 1. The van der Waals surface area contributed by atoms with Gasteiger partial charge in [0.05, 0.1) is 12.6 Å². The molecule has 94 valence electrons. The van der Waals surface area contributed by atoms with Crippen molar-refractivity contribution < 1.29 is 9.53 Å². The molecule has 0 aromatic heterocycles. The van der Waals surface area contributed by atoms with Crippen LogP contribution in [0, 0.1) is 0 Å². The maximum absolute atomic E-state index is 11.5. The predicted molar refractivity (Wildman–Crippen MR) is 61.4 cm³/mol. The van der Waals surface area contributed by atoms with Crippen LogP contribution < -0.4 is 0 Å². The molecule has 0 aromatic rings. The molecule has 7 nitrogen and oxygen atoms in total. The summed E-state index contributed by atoms with van der Waals surface area (Å²) in [6, 6.07) is 0.0976. The fourth-order valence-electron chi connectivity index (χ4n) is 2.23. The Morgan fingerprint density at radius 3 is 3.12 bits per heavy atom. The lowest BCUT2D eigenvalue weighted by molar-refractivity contribution is -0.142. The lowest BCUT2D eigenvalue weighted by Gasteiger charge is -2.28. The normalized spacial score (nSPS) is 26.0. The molecule has 2 saturated heterocycles. The van der Waals surface area contributed by atoms with Gasteiger partial charge in [-0.2, -0.15) is 0 Å². The van der Waals surface area contributed by atoms with Gasteiger partial charge in [0.1, 0.15) is 6.61 Å². The van der Waals surface area contributed by atoms with Crippen LogP contribution in [0.2, 0.25) is 0 Å². The second kappa shape index (κ2) is 5.86. The molecule has 0 radical (unpaired) electrons. The summed E-state index contributed by atoms with van der Waals surface area (Å²) in [7, 11) is 0. The van der Waals surface area contributed by atoms with Gasteiger partial charge in [-0.15, -0.1) is 0 Å². The molecule has 2 rings (SSSR count). The highest BCUT2D eigenvalue weighted by Gasteiger charge is 2.23. The molecule has 0 aromatic carbocycles. The number of amides is 1. The molecular weight excluding hydrogens is 222 g/mol. The van der Waals surface area contributed by atoms with Gasteiger partial charge < -0.3 is 14.5 Å². The van der Waals surface area contributed by atoms with E-state index in [1.807, 2.05) is 4.90 Å². The van der Waals surface area contributed by atoms with Crippen molar-refractivity contribution in [1.82, 2.24) is 9.80 Å². The molecular formula is C10H17N5O2. The average molecular weight is 239 g/mol. The van der Waals surface area contributed by atoms with Gasteiger partial charge in [-0.25, -0.2) is 0 Å². The monoisotopic (exact) mass is 239 g/mol. The Kier molecular flexibility index (Phi) is 4.19. The standard InChI is InChI=1S/C10H17N5O2/c11-13-12-9-1-2-14(7-9)3-4-15-5-6-17-8-10(15)16/h9H,1-8H2. The van der Waals surface area contributed by atoms with Crippen molar-refractivity contribution in [3.8, 4) is 0 Å². The van der Waals surface area contributed by atoms with E-state index < -0.39 is 0 Å². The third-order valence-corrected chi connectivity index (χ3v) is 3.23. The molecule has 17 heavy (non-hydrogen) atoms. The molecule has 2 fully saturated rings. The van der Waals surface area contributed by atoms with Crippen LogP contribution in [-0.4, -0.2) is 67.7 Å². The van der Waals surface area contributed by atoms with Crippen LogP contribution in [-0.2, 0) is 9.53 Å². The van der Waals surface area contributed by atoms with E-state index >= 15 is 0 Å². The minimum absolute atomic E-state index is 0.0713. The molecule has 0 saturated carbocycles. The zero-order valence-electron chi connectivity index (χ0n) is 9.79. The number of likely N-dealkylation sites (tertiary alicyclic amines) is 1. The van der Waals surface area contributed by atoms with Crippen molar-refractivity contribution in [1.29, 1.82) is 0 Å². The topological polar surface area (TPSA) is 81.5 Å². The minimum atomic E-state index is 0.0713. The highest BCUT2D eigenvalue weighted by atomic mass is 16.5. The maximum Gasteiger partial charge on any atom is 0.248 e. The van der Waals surface area contributed by atoms with Crippen molar-refractivity contribution in [3.05, 3.63) is 10.4 Å². The number of hydrogen-bond donors (Lipinski definition) is 0. The molecule has 0 bridgehead atoms. The molecule has 2 aliphatic heterocycles. The lowest BCUT2D eigenvalue weighted by Crippen LogP contribution is -2.45. The second-order valence-corrected chi connectivity index (χ2v) is 4.38. The Labute approximate surface area is 99.9 Å². The van der Waals surface area contributed by atoms with Crippen molar-refractivity contribution in [2.75, 3.05) is 45.9 Å². The number of hydrogen-bond acceptors (Lipinski definition) is 4. The molecule has 2 heterocycles. The Balaban J connectivity index is 1.71. The van der Waals surface area contributed by atoms with Gasteiger partial charge in [-0.1, -0.05) is 5.11 Å². The van der Waals surface area contributed by atoms with Gasteiger partial charge in [-0.05, 0) is 18.5 Å². The fourth-order valence-corrected chi connectivity index (χ4v) is 2.23. The molecule has 1 unspecified atom stereocenters. The summed E-state index contributed by atoms with van der Waals surface area (Å²) in [6.07, 6.45) is 0.918. The fraction of sp³-hybridized carbons (Fsp3) is 0.900. The van der Waals surface area contributed by atoms with Gasteiger partial charge in [0.25, 0.3) is 0 Å². The third kappa shape index (κ3) is 3.33. The summed E-state index contributed by atoms with van der Waals surface area (Å²) < 4.78 is 5.07. The number of rotatable bonds is 4. The van der Waals surface area contributed by atoms with E-state index in [-0.39, 0.29) is 18.6 Å². The zero-order valence-corrected chi connectivity index (χ0v) is 9.79. The van der Waals surface area contributed by atoms with Crippen LogP contribution in [0.15, 0.2) is 5.11 Å². The van der Waals surface area contributed by atoms with Gasteiger partial charge in [0.2, 0.25) is 5.91 Å².